The van der Waals surface area contributed by atoms with E-state index in [1.54, 1.807) is 22.3 Å². The fourth-order valence-corrected chi connectivity index (χ4v) is 3.93. The van der Waals surface area contributed by atoms with Crippen LogP contribution in [0.3, 0.4) is 0 Å². The van der Waals surface area contributed by atoms with Crippen molar-refractivity contribution in [3.63, 3.8) is 0 Å². The summed E-state index contributed by atoms with van der Waals surface area (Å²) < 4.78 is 7.10. The van der Waals surface area contributed by atoms with Gasteiger partial charge in [0.25, 0.3) is 0 Å². The van der Waals surface area contributed by atoms with Crippen LogP contribution in [-0.2, 0) is 17.1 Å². The van der Waals surface area contributed by atoms with Crippen LogP contribution in [0.15, 0.2) is 65.0 Å². The quantitative estimate of drug-likeness (QED) is 0.473. The third kappa shape index (κ3) is 4.87. The molecule has 0 fully saturated rings. The number of hydrogen-bond donors (Lipinski definition) is 1. The number of hydrogen-bond acceptors (Lipinski definition) is 7. The molecule has 9 heteroatoms. The number of nitrogens with zero attached hydrogens (tertiary/aromatic N) is 4. The number of thioether (sulfide) groups is 1. The minimum atomic E-state index is -0.0454. The van der Waals surface area contributed by atoms with Gasteiger partial charge in [-0.1, -0.05) is 23.4 Å². The Labute approximate surface area is 169 Å². The van der Waals surface area contributed by atoms with Gasteiger partial charge >= 0.3 is 0 Å². The molecule has 0 saturated heterocycles. The number of thiophene rings is 1. The first kappa shape index (κ1) is 18.5. The highest BCUT2D eigenvalue weighted by molar-refractivity contribution is 7.99. The van der Waals surface area contributed by atoms with Gasteiger partial charge in [-0.2, -0.15) is 5.10 Å². The third-order valence-electron chi connectivity index (χ3n) is 3.85. The van der Waals surface area contributed by atoms with Crippen LogP contribution in [0, 0.1) is 0 Å². The molecule has 0 aliphatic carbocycles. The Morgan fingerprint density at radius 2 is 2.14 bits per heavy atom. The number of carbonyl (C=O) groups is 1. The Kier molecular flexibility index (Phi) is 5.83. The maximum atomic E-state index is 12.1. The van der Waals surface area contributed by atoms with E-state index in [-0.39, 0.29) is 5.91 Å². The SMILES string of the molecule is O=C(CSCc1cc(-c2cccs2)on1)Nc1ccc(Cn2cncn2)cc1. The van der Waals surface area contributed by atoms with E-state index in [0.29, 0.717) is 18.1 Å². The molecular formula is C19H17N5O2S2. The predicted molar refractivity (Wildman–Crippen MR) is 110 cm³/mol. The van der Waals surface area contributed by atoms with Crippen molar-refractivity contribution >= 4 is 34.7 Å². The first-order chi connectivity index (χ1) is 13.8. The Morgan fingerprint density at radius 1 is 1.25 bits per heavy atom. The van der Waals surface area contributed by atoms with E-state index in [1.165, 1.54) is 18.1 Å². The van der Waals surface area contributed by atoms with Crippen LogP contribution in [0.5, 0.6) is 0 Å². The highest BCUT2D eigenvalue weighted by Gasteiger charge is 2.09. The maximum absolute atomic E-state index is 12.1. The van der Waals surface area contributed by atoms with Gasteiger partial charge in [0.2, 0.25) is 5.91 Å². The topological polar surface area (TPSA) is 85.8 Å². The van der Waals surface area contributed by atoms with Gasteiger partial charge in [-0.3, -0.25) is 4.79 Å². The summed E-state index contributed by atoms with van der Waals surface area (Å²) in [5, 5.41) is 13.0. The van der Waals surface area contributed by atoms with E-state index >= 15 is 0 Å². The lowest BCUT2D eigenvalue weighted by atomic mass is 10.2. The summed E-state index contributed by atoms with van der Waals surface area (Å²) >= 11 is 3.11. The molecule has 0 saturated carbocycles. The van der Waals surface area contributed by atoms with E-state index in [1.807, 2.05) is 47.8 Å². The van der Waals surface area contributed by atoms with Crippen molar-refractivity contribution < 1.29 is 9.32 Å². The minimum absolute atomic E-state index is 0.0454. The fraction of sp³-hybridized carbons (Fsp3) is 0.158. The van der Waals surface area contributed by atoms with Crippen molar-refractivity contribution in [3.8, 4) is 10.6 Å². The lowest BCUT2D eigenvalue weighted by molar-refractivity contribution is -0.113. The molecule has 0 radical (unpaired) electrons. The van der Waals surface area contributed by atoms with Crippen LogP contribution < -0.4 is 5.32 Å². The molecule has 7 nitrogen and oxygen atoms in total. The highest BCUT2D eigenvalue weighted by Crippen LogP contribution is 2.26. The molecule has 4 aromatic rings. The summed E-state index contributed by atoms with van der Waals surface area (Å²) in [6.07, 6.45) is 3.18. The van der Waals surface area contributed by atoms with Gasteiger partial charge in [-0.05, 0) is 29.1 Å². The van der Waals surface area contributed by atoms with Crippen LogP contribution in [0.25, 0.3) is 10.6 Å². The smallest absolute Gasteiger partial charge is 0.234 e. The van der Waals surface area contributed by atoms with Gasteiger partial charge in [-0.15, -0.1) is 23.1 Å². The monoisotopic (exact) mass is 411 g/mol. The van der Waals surface area contributed by atoms with Crippen molar-refractivity contribution in [1.82, 2.24) is 19.9 Å². The van der Waals surface area contributed by atoms with Gasteiger partial charge in [0.1, 0.15) is 12.7 Å². The van der Waals surface area contributed by atoms with Crippen molar-refractivity contribution in [2.24, 2.45) is 0 Å². The number of anilines is 1. The summed E-state index contributed by atoms with van der Waals surface area (Å²) in [5.74, 6) is 1.69. The van der Waals surface area contributed by atoms with E-state index in [9.17, 15) is 4.79 Å². The molecule has 3 heterocycles. The van der Waals surface area contributed by atoms with E-state index < -0.39 is 0 Å². The zero-order valence-corrected chi connectivity index (χ0v) is 16.4. The Morgan fingerprint density at radius 3 is 2.89 bits per heavy atom. The maximum Gasteiger partial charge on any atom is 0.234 e. The molecule has 0 aliphatic rings. The van der Waals surface area contributed by atoms with E-state index in [0.717, 1.165) is 27.6 Å². The van der Waals surface area contributed by atoms with Crippen molar-refractivity contribution in [3.05, 3.63) is 71.8 Å². The summed E-state index contributed by atoms with van der Waals surface area (Å²) in [7, 11) is 0. The molecule has 4 rings (SSSR count). The molecule has 1 amide bonds. The van der Waals surface area contributed by atoms with Crippen LogP contribution >= 0.6 is 23.1 Å². The fourth-order valence-electron chi connectivity index (χ4n) is 2.56. The third-order valence-corrected chi connectivity index (χ3v) is 5.71. The van der Waals surface area contributed by atoms with Crippen molar-refractivity contribution in [2.45, 2.75) is 12.3 Å². The Hall–Kier alpha value is -2.91. The lowest BCUT2D eigenvalue weighted by Gasteiger charge is -2.06. The average Bonchev–Trinajstić information content (AvgIpc) is 3.46. The number of amides is 1. The summed E-state index contributed by atoms with van der Waals surface area (Å²) in [6, 6.07) is 13.6. The van der Waals surface area contributed by atoms with Crippen LogP contribution in [0.1, 0.15) is 11.3 Å². The van der Waals surface area contributed by atoms with E-state index in [4.69, 9.17) is 4.52 Å². The van der Waals surface area contributed by atoms with Crippen LogP contribution in [0.2, 0.25) is 0 Å². The Balaban J connectivity index is 1.22. The van der Waals surface area contributed by atoms with Gasteiger partial charge in [-0.25, -0.2) is 9.67 Å². The van der Waals surface area contributed by atoms with Crippen molar-refractivity contribution in [2.75, 3.05) is 11.1 Å². The second kappa shape index (κ2) is 8.85. The zero-order chi connectivity index (χ0) is 19.2. The van der Waals surface area contributed by atoms with Crippen LogP contribution in [0.4, 0.5) is 5.69 Å². The summed E-state index contributed by atoms with van der Waals surface area (Å²) in [5.41, 5.74) is 2.69. The van der Waals surface area contributed by atoms with Gasteiger partial charge in [0, 0.05) is 17.5 Å². The molecule has 1 N–H and O–H groups in total. The van der Waals surface area contributed by atoms with Crippen LogP contribution in [-0.4, -0.2) is 31.6 Å². The normalized spacial score (nSPS) is 10.9. The zero-order valence-electron chi connectivity index (χ0n) is 14.8. The standard InChI is InChI=1S/C19H17N5O2S2/c25-19(11-27-10-16-8-17(26-23-16)18-2-1-7-28-18)22-15-5-3-14(4-6-15)9-24-13-20-12-21-24/h1-8,12-13H,9-11H2,(H,22,25). The molecule has 0 spiro atoms. The molecule has 0 bridgehead atoms. The van der Waals surface area contributed by atoms with Gasteiger partial charge in [0.05, 0.1) is 22.9 Å². The number of benzene rings is 1. The lowest BCUT2D eigenvalue weighted by Crippen LogP contribution is -2.14. The average molecular weight is 412 g/mol. The highest BCUT2D eigenvalue weighted by atomic mass is 32.2. The molecule has 3 aromatic heterocycles. The second-order valence-corrected chi connectivity index (χ2v) is 7.92. The van der Waals surface area contributed by atoms with Crippen molar-refractivity contribution in [1.29, 1.82) is 0 Å². The molecule has 0 aliphatic heterocycles. The second-order valence-electron chi connectivity index (χ2n) is 5.99. The van der Waals surface area contributed by atoms with E-state index in [2.05, 4.69) is 20.6 Å². The number of carbonyl (C=O) groups excluding carboxylic acids is 1. The first-order valence-electron chi connectivity index (χ1n) is 8.55. The largest absolute Gasteiger partial charge is 0.355 e. The molecule has 28 heavy (non-hydrogen) atoms. The number of aromatic nitrogens is 4. The molecule has 1 aromatic carbocycles. The first-order valence-corrected chi connectivity index (χ1v) is 10.6. The molecular weight excluding hydrogens is 394 g/mol. The predicted octanol–water partition coefficient (Wildman–Crippen LogP) is 3.91. The number of rotatable bonds is 8. The van der Waals surface area contributed by atoms with Gasteiger partial charge in [0.15, 0.2) is 5.76 Å². The minimum Gasteiger partial charge on any atom is -0.355 e. The molecule has 0 atom stereocenters. The Bertz CT molecular complexity index is 1010. The molecule has 0 unspecified atom stereocenters. The molecule has 142 valence electrons. The number of nitrogens with one attached hydrogen (secondary N) is 1. The summed E-state index contributed by atoms with van der Waals surface area (Å²) in [4.78, 5) is 17.1. The summed E-state index contributed by atoms with van der Waals surface area (Å²) in [6.45, 7) is 0.648. The van der Waals surface area contributed by atoms with Gasteiger partial charge < -0.3 is 9.84 Å².